The van der Waals surface area contributed by atoms with Crippen LogP contribution in [0.5, 0.6) is 5.75 Å². The molecule has 0 aromatic heterocycles. The zero-order valence-electron chi connectivity index (χ0n) is 7.88. The highest BCUT2D eigenvalue weighted by molar-refractivity contribution is 9.50. The predicted octanol–water partition coefficient (Wildman–Crippen LogP) is 3.89. The van der Waals surface area contributed by atoms with Gasteiger partial charge in [0.05, 0.1) is 0 Å². The SMILES string of the molecule is CN(SBr)P(C)(=S)Oc1ccccc1. The summed E-state index contributed by atoms with van der Waals surface area (Å²) in [5.74, 6) is 0.826. The molecule has 1 aromatic rings. The van der Waals surface area contributed by atoms with E-state index in [4.69, 9.17) is 16.3 Å². The molecule has 1 aromatic carbocycles. The van der Waals surface area contributed by atoms with Crippen LogP contribution in [0, 0.1) is 0 Å². The van der Waals surface area contributed by atoms with Gasteiger partial charge in [0.15, 0.2) is 6.42 Å². The van der Waals surface area contributed by atoms with E-state index in [-0.39, 0.29) is 0 Å². The van der Waals surface area contributed by atoms with Crippen LogP contribution in [0.2, 0.25) is 0 Å². The quantitative estimate of drug-likeness (QED) is 0.617. The molecule has 0 aliphatic rings. The summed E-state index contributed by atoms with van der Waals surface area (Å²) in [7, 11) is 3.34. The average molecular weight is 312 g/mol. The Kier molecular flexibility index (Phi) is 4.94. The second-order valence-corrected chi connectivity index (χ2v) is 8.99. The molecule has 0 radical (unpaired) electrons. The topological polar surface area (TPSA) is 12.5 Å². The van der Waals surface area contributed by atoms with E-state index in [9.17, 15) is 0 Å². The second-order valence-electron chi connectivity index (χ2n) is 2.74. The lowest BCUT2D eigenvalue weighted by molar-refractivity contribution is 0.583. The van der Waals surface area contributed by atoms with E-state index in [0.29, 0.717) is 0 Å². The fraction of sp³-hybridized carbons (Fsp3) is 0.250. The Bertz CT molecular complexity index is 335. The van der Waals surface area contributed by atoms with Crippen LogP contribution >= 0.6 is 31.6 Å². The minimum Gasteiger partial charge on any atom is -0.453 e. The van der Waals surface area contributed by atoms with Crippen LogP contribution in [0.1, 0.15) is 0 Å². The third kappa shape index (κ3) is 3.55. The maximum Gasteiger partial charge on any atom is 0.187 e. The molecule has 0 aliphatic carbocycles. The second kappa shape index (κ2) is 5.52. The van der Waals surface area contributed by atoms with Crippen molar-refractivity contribution >= 4 is 43.4 Å². The molecular formula is C8H11BrNOPS2. The number of rotatable bonds is 4. The van der Waals surface area contributed by atoms with Crippen LogP contribution in [0.15, 0.2) is 30.3 Å². The number of halogens is 1. The first-order valence-electron chi connectivity index (χ1n) is 3.91. The van der Waals surface area contributed by atoms with Crippen molar-refractivity contribution < 1.29 is 4.52 Å². The van der Waals surface area contributed by atoms with Crippen molar-refractivity contribution in [2.24, 2.45) is 0 Å². The third-order valence-corrected chi connectivity index (χ3v) is 7.82. The Labute approximate surface area is 101 Å². The molecule has 1 rings (SSSR count). The molecule has 78 valence electrons. The minimum absolute atomic E-state index is 0.826. The van der Waals surface area contributed by atoms with E-state index >= 15 is 0 Å². The molecule has 0 spiro atoms. The van der Waals surface area contributed by atoms with E-state index in [2.05, 4.69) is 14.8 Å². The van der Waals surface area contributed by atoms with Crippen molar-refractivity contribution in [2.45, 2.75) is 0 Å². The van der Waals surface area contributed by atoms with Gasteiger partial charge in [0.1, 0.15) is 5.75 Å². The first-order valence-corrected chi connectivity index (χ1v) is 9.65. The van der Waals surface area contributed by atoms with Gasteiger partial charge in [0.25, 0.3) is 0 Å². The van der Waals surface area contributed by atoms with Crippen molar-refractivity contribution in [3.8, 4) is 5.75 Å². The highest BCUT2D eigenvalue weighted by Crippen LogP contribution is 2.51. The molecule has 14 heavy (non-hydrogen) atoms. The van der Waals surface area contributed by atoms with Crippen LogP contribution < -0.4 is 4.52 Å². The highest BCUT2D eigenvalue weighted by Gasteiger charge is 2.18. The normalized spacial score (nSPS) is 15.1. The Morgan fingerprint density at radius 3 is 2.50 bits per heavy atom. The van der Waals surface area contributed by atoms with Crippen molar-refractivity contribution in [3.05, 3.63) is 30.3 Å². The molecule has 6 heteroatoms. The zero-order valence-corrected chi connectivity index (χ0v) is 12.0. The smallest absolute Gasteiger partial charge is 0.187 e. The molecule has 0 bridgehead atoms. The van der Waals surface area contributed by atoms with Gasteiger partial charge in [-0.3, -0.25) is 0 Å². The Hall–Kier alpha value is 0.460. The first-order chi connectivity index (χ1) is 6.56. The fourth-order valence-electron chi connectivity index (χ4n) is 0.790. The van der Waals surface area contributed by atoms with E-state index in [1.807, 2.05) is 48.1 Å². The number of hydrogen-bond donors (Lipinski definition) is 0. The molecule has 2 nitrogen and oxygen atoms in total. The molecule has 0 amide bonds. The van der Waals surface area contributed by atoms with Crippen LogP contribution in [-0.2, 0) is 11.8 Å². The largest absolute Gasteiger partial charge is 0.453 e. The summed E-state index contributed by atoms with van der Waals surface area (Å²) in [5.41, 5.74) is 0. The summed E-state index contributed by atoms with van der Waals surface area (Å²) in [5, 5.41) is 0. The first kappa shape index (κ1) is 12.5. The molecule has 0 aliphatic heterocycles. The summed E-state index contributed by atoms with van der Waals surface area (Å²) in [6.07, 6.45) is -1.92. The number of nitrogens with zero attached hydrogens (tertiary/aromatic N) is 1. The van der Waals surface area contributed by atoms with Crippen LogP contribution in [0.4, 0.5) is 0 Å². The lowest BCUT2D eigenvalue weighted by atomic mass is 10.3. The van der Waals surface area contributed by atoms with E-state index in [0.717, 1.165) is 5.75 Å². The summed E-state index contributed by atoms with van der Waals surface area (Å²) < 4.78 is 7.68. The lowest BCUT2D eigenvalue weighted by Gasteiger charge is -2.25. The zero-order chi connectivity index (χ0) is 10.6. The number of para-hydroxylation sites is 1. The van der Waals surface area contributed by atoms with Crippen LogP contribution in [0.3, 0.4) is 0 Å². The molecule has 1 atom stereocenters. The maximum absolute atomic E-state index is 5.76. The van der Waals surface area contributed by atoms with Gasteiger partial charge in [0.2, 0.25) is 0 Å². The molecule has 0 heterocycles. The summed E-state index contributed by atoms with van der Waals surface area (Å²) in [6.45, 7) is 1.95. The standard InChI is InChI=1S/C8H11BrNOPS2/c1-10(14-9)12(2,13)11-8-6-4-3-5-7-8/h3-7H,1-2H3. The number of hydrogen-bond acceptors (Lipinski definition) is 3. The van der Waals surface area contributed by atoms with Gasteiger partial charge in [-0.25, -0.2) is 0 Å². The van der Waals surface area contributed by atoms with E-state index in [1.54, 1.807) is 0 Å². The third-order valence-electron chi connectivity index (χ3n) is 1.63. The van der Waals surface area contributed by atoms with Crippen molar-refractivity contribution in [2.75, 3.05) is 13.7 Å². The molecular weight excluding hydrogens is 301 g/mol. The molecule has 0 N–H and O–H groups in total. The Morgan fingerprint density at radius 2 is 2.00 bits per heavy atom. The lowest BCUT2D eigenvalue weighted by Crippen LogP contribution is -2.07. The predicted molar refractivity (Wildman–Crippen MR) is 71.6 cm³/mol. The van der Waals surface area contributed by atoms with E-state index in [1.165, 1.54) is 10.4 Å². The molecule has 0 fully saturated rings. The maximum atomic E-state index is 5.76. The van der Waals surface area contributed by atoms with Crippen molar-refractivity contribution in [3.63, 3.8) is 0 Å². The van der Waals surface area contributed by atoms with Gasteiger partial charge >= 0.3 is 0 Å². The molecule has 0 saturated heterocycles. The van der Waals surface area contributed by atoms with Gasteiger partial charge in [-0.2, -0.15) is 4.08 Å². The van der Waals surface area contributed by atoms with Gasteiger partial charge in [-0.05, 0) is 23.9 Å². The monoisotopic (exact) mass is 311 g/mol. The highest BCUT2D eigenvalue weighted by atomic mass is 79.9. The van der Waals surface area contributed by atoms with E-state index < -0.39 is 6.42 Å². The Morgan fingerprint density at radius 1 is 1.43 bits per heavy atom. The summed E-state index contributed by atoms with van der Waals surface area (Å²) in [6, 6.07) is 9.65. The van der Waals surface area contributed by atoms with Gasteiger partial charge in [-0.1, -0.05) is 18.2 Å². The van der Waals surface area contributed by atoms with Crippen molar-refractivity contribution in [1.29, 1.82) is 0 Å². The van der Waals surface area contributed by atoms with Crippen LogP contribution in [0.25, 0.3) is 0 Å². The average Bonchev–Trinajstić information content (AvgIpc) is 2.17. The molecule has 1 unspecified atom stereocenters. The van der Waals surface area contributed by atoms with Gasteiger partial charge in [0, 0.05) is 38.9 Å². The van der Waals surface area contributed by atoms with Gasteiger partial charge in [-0.15, -0.1) is 0 Å². The molecule has 0 saturated carbocycles. The number of benzene rings is 1. The summed E-state index contributed by atoms with van der Waals surface area (Å²) in [4.78, 5) is 0. The van der Waals surface area contributed by atoms with Crippen LogP contribution in [-0.4, -0.2) is 17.8 Å². The Balaban J connectivity index is 2.74. The van der Waals surface area contributed by atoms with Gasteiger partial charge < -0.3 is 4.52 Å². The minimum atomic E-state index is -1.92. The summed E-state index contributed by atoms with van der Waals surface area (Å²) >= 11 is 8.70. The van der Waals surface area contributed by atoms with Crippen molar-refractivity contribution in [1.82, 2.24) is 4.08 Å². The fourth-order valence-corrected chi connectivity index (χ4v) is 5.52.